The van der Waals surface area contributed by atoms with Crippen molar-refractivity contribution < 1.29 is 0 Å². The number of imidazole rings is 1. The van der Waals surface area contributed by atoms with E-state index in [1.807, 2.05) is 13.8 Å². The van der Waals surface area contributed by atoms with Gasteiger partial charge in [0.25, 0.3) is 0 Å². The Kier molecular flexibility index (Phi) is 5.54. The monoisotopic (exact) mass is 265 g/mol. The molecule has 0 aliphatic heterocycles. The number of rotatable bonds is 3. The van der Waals surface area contributed by atoms with Gasteiger partial charge >= 0.3 is 5.69 Å². The van der Waals surface area contributed by atoms with Gasteiger partial charge < -0.3 is 10.7 Å². The quantitative estimate of drug-likeness (QED) is 0.889. The molecular formula is C13H23N5O. The minimum atomic E-state index is -0.188. The summed E-state index contributed by atoms with van der Waals surface area (Å²) in [6.45, 7) is 8.76. The Morgan fingerprint density at radius 2 is 1.84 bits per heavy atom. The Bertz CT molecular complexity index is 584. The number of aromatic amines is 1. The van der Waals surface area contributed by atoms with Gasteiger partial charge in [0.1, 0.15) is 11.3 Å². The molecule has 0 aliphatic rings. The smallest absolute Gasteiger partial charge is 0.327 e. The van der Waals surface area contributed by atoms with Crippen LogP contribution >= 0.6 is 0 Å². The van der Waals surface area contributed by atoms with E-state index in [9.17, 15) is 4.79 Å². The summed E-state index contributed by atoms with van der Waals surface area (Å²) in [7, 11) is 0. The number of nitrogens with zero attached hydrogens (tertiary/aromatic N) is 3. The van der Waals surface area contributed by atoms with Gasteiger partial charge in [-0.3, -0.25) is 4.57 Å². The van der Waals surface area contributed by atoms with Crippen molar-refractivity contribution in [1.82, 2.24) is 19.5 Å². The molecule has 3 N–H and O–H groups in total. The summed E-state index contributed by atoms with van der Waals surface area (Å²) < 4.78 is 1.56. The van der Waals surface area contributed by atoms with Crippen molar-refractivity contribution in [2.75, 3.05) is 5.73 Å². The van der Waals surface area contributed by atoms with E-state index in [1.54, 1.807) is 4.57 Å². The topological polar surface area (TPSA) is 89.6 Å². The first kappa shape index (κ1) is 15.2. The first-order valence-electron chi connectivity index (χ1n) is 6.83. The molecule has 0 atom stereocenters. The fourth-order valence-electron chi connectivity index (χ4n) is 1.73. The number of aryl methyl sites for hydroxylation is 2. The van der Waals surface area contributed by atoms with E-state index in [0.717, 1.165) is 12.8 Å². The molecule has 19 heavy (non-hydrogen) atoms. The molecule has 0 amide bonds. The molecule has 0 bridgehead atoms. The number of fused-ring (bicyclic) bond motifs is 1. The minimum absolute atomic E-state index is 0.188. The summed E-state index contributed by atoms with van der Waals surface area (Å²) in [4.78, 5) is 22.8. The van der Waals surface area contributed by atoms with Crippen LogP contribution in [-0.2, 0) is 13.0 Å². The molecule has 0 radical (unpaired) electrons. The fraction of sp³-hybridized carbons (Fsp3) is 0.615. The molecule has 2 rings (SSSR count). The molecule has 0 saturated heterocycles. The molecule has 0 spiro atoms. The van der Waals surface area contributed by atoms with Gasteiger partial charge in [-0.25, -0.2) is 14.8 Å². The molecule has 0 aliphatic carbocycles. The number of nitrogens with two attached hydrogens (primary N) is 1. The lowest BCUT2D eigenvalue weighted by Crippen LogP contribution is -2.15. The van der Waals surface area contributed by atoms with Crippen LogP contribution in [0.25, 0.3) is 11.2 Å². The lowest BCUT2D eigenvalue weighted by atomic mass is 10.3. The van der Waals surface area contributed by atoms with E-state index in [-0.39, 0.29) is 5.69 Å². The van der Waals surface area contributed by atoms with E-state index in [2.05, 4.69) is 28.8 Å². The molecule has 6 heteroatoms. The zero-order chi connectivity index (χ0) is 14.4. The highest BCUT2D eigenvalue weighted by Gasteiger charge is 2.11. The van der Waals surface area contributed by atoms with Crippen molar-refractivity contribution >= 4 is 17.0 Å². The van der Waals surface area contributed by atoms with Gasteiger partial charge in [-0.1, -0.05) is 27.2 Å². The third-order valence-electron chi connectivity index (χ3n) is 2.49. The van der Waals surface area contributed by atoms with Crippen LogP contribution in [0.3, 0.4) is 0 Å². The zero-order valence-corrected chi connectivity index (χ0v) is 12.2. The van der Waals surface area contributed by atoms with Crippen LogP contribution in [0.1, 0.15) is 46.4 Å². The van der Waals surface area contributed by atoms with E-state index >= 15 is 0 Å². The predicted molar refractivity (Wildman–Crippen MR) is 78.2 cm³/mol. The second kappa shape index (κ2) is 6.92. The van der Waals surface area contributed by atoms with E-state index in [4.69, 9.17) is 5.73 Å². The number of anilines is 1. The third kappa shape index (κ3) is 3.33. The van der Waals surface area contributed by atoms with Crippen LogP contribution in [0.5, 0.6) is 0 Å². The molecule has 2 aromatic heterocycles. The summed E-state index contributed by atoms with van der Waals surface area (Å²) in [6.07, 6.45) is 2.97. The maximum atomic E-state index is 11.6. The Morgan fingerprint density at radius 3 is 2.37 bits per heavy atom. The second-order valence-electron chi connectivity index (χ2n) is 4.36. The molecule has 0 unspecified atom stereocenters. The third-order valence-corrected chi connectivity index (χ3v) is 2.49. The number of H-pyrrole nitrogens is 1. The van der Waals surface area contributed by atoms with Crippen LogP contribution < -0.4 is 11.4 Å². The van der Waals surface area contributed by atoms with Crippen molar-refractivity contribution in [3.8, 4) is 0 Å². The maximum absolute atomic E-state index is 11.6. The van der Waals surface area contributed by atoms with Gasteiger partial charge in [0.15, 0.2) is 11.5 Å². The number of nitrogens with one attached hydrogen (secondary N) is 1. The molecule has 106 valence electrons. The number of aromatic nitrogens is 4. The van der Waals surface area contributed by atoms with Crippen LogP contribution in [0.2, 0.25) is 0 Å². The van der Waals surface area contributed by atoms with Gasteiger partial charge in [0.05, 0.1) is 0 Å². The molecule has 0 aromatic carbocycles. The van der Waals surface area contributed by atoms with Gasteiger partial charge in [-0.05, 0) is 13.3 Å². The molecular weight excluding hydrogens is 242 g/mol. The Labute approximate surface area is 113 Å². The van der Waals surface area contributed by atoms with Gasteiger partial charge in [-0.15, -0.1) is 0 Å². The predicted octanol–water partition coefficient (Wildman–Crippen LogP) is 2.09. The van der Waals surface area contributed by atoms with Crippen molar-refractivity contribution in [3.63, 3.8) is 0 Å². The summed E-state index contributed by atoms with van der Waals surface area (Å²) in [5.74, 6) is 1.03. The zero-order valence-electron chi connectivity index (χ0n) is 12.2. The summed E-state index contributed by atoms with van der Waals surface area (Å²) in [6, 6.07) is 0. The summed E-state index contributed by atoms with van der Waals surface area (Å²) >= 11 is 0. The number of hydrogen-bond acceptors (Lipinski definition) is 4. The van der Waals surface area contributed by atoms with Crippen molar-refractivity contribution in [2.45, 2.75) is 53.5 Å². The molecule has 2 aromatic rings. The molecule has 0 fully saturated rings. The minimum Gasteiger partial charge on any atom is -0.382 e. The van der Waals surface area contributed by atoms with E-state index in [0.29, 0.717) is 29.4 Å². The lowest BCUT2D eigenvalue weighted by molar-refractivity contribution is 0.739. The standard InChI is InChI=1S/C10H15N5O.C3H8/c1-3-5-6-12-8(11)7-9(13-6)15(4-2)10(16)14-7;1-3-2/h3-5H2,1-2H3,(H,14,16)(H2,11,12,13);3H2,1-2H3. The molecule has 0 saturated carbocycles. The van der Waals surface area contributed by atoms with Crippen molar-refractivity contribution in [3.05, 3.63) is 16.3 Å². The van der Waals surface area contributed by atoms with Crippen LogP contribution in [0.15, 0.2) is 4.79 Å². The summed E-state index contributed by atoms with van der Waals surface area (Å²) in [5.41, 5.74) is 6.74. The highest BCUT2D eigenvalue weighted by Crippen LogP contribution is 2.14. The second-order valence-corrected chi connectivity index (χ2v) is 4.36. The SMILES string of the molecule is CCC.CCCc1nc(N)c2[nH]c(=O)n(CC)c2n1. The average molecular weight is 265 g/mol. The Hall–Kier alpha value is -1.85. The largest absolute Gasteiger partial charge is 0.382 e. The highest BCUT2D eigenvalue weighted by atomic mass is 16.1. The lowest BCUT2D eigenvalue weighted by Gasteiger charge is -2.02. The van der Waals surface area contributed by atoms with Crippen LogP contribution in [0.4, 0.5) is 5.82 Å². The van der Waals surface area contributed by atoms with Gasteiger partial charge in [0.2, 0.25) is 0 Å². The Morgan fingerprint density at radius 1 is 1.21 bits per heavy atom. The Balaban J connectivity index is 0.000000550. The van der Waals surface area contributed by atoms with Gasteiger partial charge in [-0.2, -0.15) is 0 Å². The normalized spacial score (nSPS) is 10.3. The highest BCUT2D eigenvalue weighted by molar-refractivity contribution is 5.81. The first-order valence-corrected chi connectivity index (χ1v) is 6.83. The molecule has 6 nitrogen and oxygen atoms in total. The number of nitrogen functional groups attached to an aromatic ring is 1. The average Bonchev–Trinajstić information content (AvgIpc) is 2.67. The van der Waals surface area contributed by atoms with Crippen molar-refractivity contribution in [2.24, 2.45) is 0 Å². The maximum Gasteiger partial charge on any atom is 0.327 e. The number of hydrogen-bond donors (Lipinski definition) is 2. The van der Waals surface area contributed by atoms with E-state index in [1.165, 1.54) is 6.42 Å². The van der Waals surface area contributed by atoms with Crippen LogP contribution in [-0.4, -0.2) is 19.5 Å². The first-order chi connectivity index (χ1) is 9.08. The van der Waals surface area contributed by atoms with Crippen molar-refractivity contribution in [1.29, 1.82) is 0 Å². The van der Waals surface area contributed by atoms with E-state index < -0.39 is 0 Å². The summed E-state index contributed by atoms with van der Waals surface area (Å²) in [5, 5.41) is 0. The fourth-order valence-corrected chi connectivity index (χ4v) is 1.73. The van der Waals surface area contributed by atoms with Gasteiger partial charge in [0, 0.05) is 13.0 Å². The molecule has 2 heterocycles. The van der Waals surface area contributed by atoms with Crippen LogP contribution in [0, 0.1) is 0 Å².